The molecular formula is C16H21NO2. The predicted octanol–water partition coefficient (Wildman–Crippen LogP) is 2.94. The van der Waals surface area contributed by atoms with Gasteiger partial charge in [-0.1, -0.05) is 42.0 Å². The van der Waals surface area contributed by atoms with Gasteiger partial charge in [0, 0.05) is 6.54 Å². The Hall–Kier alpha value is -1.61. The minimum absolute atomic E-state index is 0.459. The molecule has 19 heavy (non-hydrogen) atoms. The summed E-state index contributed by atoms with van der Waals surface area (Å²) in [5.41, 5.74) is 2.38. The Morgan fingerprint density at radius 1 is 1.32 bits per heavy atom. The Kier molecular flexibility index (Phi) is 5.16. The van der Waals surface area contributed by atoms with E-state index < -0.39 is 11.9 Å². The van der Waals surface area contributed by atoms with E-state index in [9.17, 15) is 9.90 Å². The summed E-state index contributed by atoms with van der Waals surface area (Å²) in [4.78, 5) is 11.3. The molecule has 0 saturated heterocycles. The van der Waals surface area contributed by atoms with E-state index in [2.05, 4.69) is 11.4 Å². The molecule has 0 spiro atoms. The standard InChI is InChI=1S/C16H21NO2/c18-16(19)15(14-8-2-1-3-9-14)12-17-11-10-13-6-4-5-7-13/h1-3,6,8-9,15,17H,4-5,7,10-12H2,(H,18,19). The van der Waals surface area contributed by atoms with Gasteiger partial charge in [-0.3, -0.25) is 4.79 Å². The highest BCUT2D eigenvalue weighted by Gasteiger charge is 2.18. The van der Waals surface area contributed by atoms with Gasteiger partial charge in [-0.25, -0.2) is 0 Å². The Morgan fingerprint density at radius 3 is 2.74 bits per heavy atom. The molecule has 1 unspecified atom stereocenters. The quantitative estimate of drug-likeness (QED) is 0.584. The van der Waals surface area contributed by atoms with Crippen LogP contribution < -0.4 is 5.32 Å². The highest BCUT2D eigenvalue weighted by atomic mass is 16.4. The number of benzene rings is 1. The predicted molar refractivity (Wildman–Crippen MR) is 76.2 cm³/mol. The van der Waals surface area contributed by atoms with Crippen LogP contribution in [-0.2, 0) is 4.79 Å². The van der Waals surface area contributed by atoms with E-state index in [4.69, 9.17) is 0 Å². The molecule has 102 valence electrons. The Balaban J connectivity index is 1.79. The van der Waals surface area contributed by atoms with Gasteiger partial charge in [-0.2, -0.15) is 0 Å². The van der Waals surface area contributed by atoms with Crippen molar-refractivity contribution in [3.8, 4) is 0 Å². The number of carboxylic acids is 1. The molecule has 0 aliphatic heterocycles. The first-order valence-corrected chi connectivity index (χ1v) is 6.94. The summed E-state index contributed by atoms with van der Waals surface area (Å²) in [5.74, 6) is -1.22. The number of hydrogen-bond donors (Lipinski definition) is 2. The van der Waals surface area contributed by atoms with E-state index in [1.807, 2.05) is 30.3 Å². The number of rotatable bonds is 7. The van der Waals surface area contributed by atoms with Crippen LogP contribution in [0.5, 0.6) is 0 Å². The molecule has 0 aromatic heterocycles. The molecule has 0 radical (unpaired) electrons. The molecule has 0 saturated carbocycles. The second-order valence-electron chi connectivity index (χ2n) is 5.01. The summed E-state index contributed by atoms with van der Waals surface area (Å²) in [6.45, 7) is 1.36. The van der Waals surface area contributed by atoms with Crippen molar-refractivity contribution in [1.29, 1.82) is 0 Å². The minimum atomic E-state index is -0.765. The molecule has 0 amide bonds. The monoisotopic (exact) mass is 259 g/mol. The summed E-state index contributed by atoms with van der Waals surface area (Å²) < 4.78 is 0. The summed E-state index contributed by atoms with van der Waals surface area (Å²) in [5, 5.41) is 12.6. The first kappa shape index (κ1) is 13.8. The minimum Gasteiger partial charge on any atom is -0.481 e. The molecule has 1 atom stereocenters. The summed E-state index contributed by atoms with van der Waals surface area (Å²) >= 11 is 0. The van der Waals surface area contributed by atoms with Crippen LogP contribution in [0.4, 0.5) is 0 Å². The van der Waals surface area contributed by atoms with Gasteiger partial charge >= 0.3 is 5.97 Å². The summed E-state index contributed by atoms with van der Waals surface area (Å²) in [6, 6.07) is 9.42. The van der Waals surface area contributed by atoms with Crippen LogP contribution in [-0.4, -0.2) is 24.2 Å². The van der Waals surface area contributed by atoms with Gasteiger partial charge in [0.15, 0.2) is 0 Å². The zero-order valence-electron chi connectivity index (χ0n) is 11.1. The average Bonchev–Trinajstić information content (AvgIpc) is 2.92. The summed E-state index contributed by atoms with van der Waals surface area (Å²) in [7, 11) is 0. The van der Waals surface area contributed by atoms with Crippen LogP contribution in [0.3, 0.4) is 0 Å². The second kappa shape index (κ2) is 7.10. The van der Waals surface area contributed by atoms with Crippen LogP contribution in [0.1, 0.15) is 37.2 Å². The van der Waals surface area contributed by atoms with Gasteiger partial charge in [-0.15, -0.1) is 0 Å². The highest BCUT2D eigenvalue weighted by Crippen LogP contribution is 2.20. The molecule has 0 heterocycles. The van der Waals surface area contributed by atoms with Crippen molar-refractivity contribution in [3.63, 3.8) is 0 Å². The van der Waals surface area contributed by atoms with Crippen LogP contribution >= 0.6 is 0 Å². The van der Waals surface area contributed by atoms with E-state index in [0.717, 1.165) is 18.5 Å². The number of carbonyl (C=O) groups is 1. The maximum Gasteiger partial charge on any atom is 0.312 e. The lowest BCUT2D eigenvalue weighted by molar-refractivity contribution is -0.138. The molecule has 1 aromatic carbocycles. The van der Waals surface area contributed by atoms with Crippen molar-refractivity contribution in [2.75, 3.05) is 13.1 Å². The zero-order chi connectivity index (χ0) is 13.5. The molecular weight excluding hydrogens is 238 g/mol. The SMILES string of the molecule is O=C(O)C(CNCCC1=CCCC1)c1ccccc1. The smallest absolute Gasteiger partial charge is 0.312 e. The van der Waals surface area contributed by atoms with Crippen LogP contribution in [0.2, 0.25) is 0 Å². The first-order chi connectivity index (χ1) is 9.27. The van der Waals surface area contributed by atoms with E-state index in [0.29, 0.717) is 6.54 Å². The van der Waals surface area contributed by atoms with Gasteiger partial charge in [0.1, 0.15) is 0 Å². The second-order valence-corrected chi connectivity index (χ2v) is 5.01. The van der Waals surface area contributed by atoms with Gasteiger partial charge in [0.05, 0.1) is 5.92 Å². The number of nitrogens with one attached hydrogen (secondary N) is 1. The number of carboxylic acid groups (broad SMARTS) is 1. The fourth-order valence-electron chi connectivity index (χ4n) is 2.49. The lowest BCUT2D eigenvalue weighted by Gasteiger charge is -2.14. The van der Waals surface area contributed by atoms with Crippen molar-refractivity contribution < 1.29 is 9.90 Å². The van der Waals surface area contributed by atoms with Crippen LogP contribution in [0, 0.1) is 0 Å². The Morgan fingerprint density at radius 2 is 2.11 bits per heavy atom. The topological polar surface area (TPSA) is 49.3 Å². The molecule has 3 heteroatoms. The molecule has 0 fully saturated rings. The number of aliphatic carboxylic acids is 1. The largest absolute Gasteiger partial charge is 0.481 e. The molecule has 0 bridgehead atoms. The van der Waals surface area contributed by atoms with Gasteiger partial charge in [0.2, 0.25) is 0 Å². The summed E-state index contributed by atoms with van der Waals surface area (Å²) in [6.07, 6.45) is 7.05. The Bertz CT molecular complexity index is 439. The van der Waals surface area contributed by atoms with E-state index in [-0.39, 0.29) is 0 Å². The molecule has 1 aromatic rings. The maximum absolute atomic E-state index is 11.3. The number of hydrogen-bond acceptors (Lipinski definition) is 2. The third-order valence-electron chi connectivity index (χ3n) is 3.61. The molecule has 2 rings (SSSR count). The first-order valence-electron chi connectivity index (χ1n) is 6.94. The fraction of sp³-hybridized carbons (Fsp3) is 0.438. The highest BCUT2D eigenvalue weighted by molar-refractivity contribution is 5.76. The van der Waals surface area contributed by atoms with Crippen molar-refractivity contribution in [2.45, 2.75) is 31.6 Å². The molecule has 2 N–H and O–H groups in total. The molecule has 3 nitrogen and oxygen atoms in total. The van der Waals surface area contributed by atoms with Crippen LogP contribution in [0.15, 0.2) is 42.0 Å². The van der Waals surface area contributed by atoms with Crippen molar-refractivity contribution in [3.05, 3.63) is 47.5 Å². The van der Waals surface area contributed by atoms with Gasteiger partial charge in [0.25, 0.3) is 0 Å². The lowest BCUT2D eigenvalue weighted by atomic mass is 9.99. The van der Waals surface area contributed by atoms with Crippen molar-refractivity contribution in [1.82, 2.24) is 5.32 Å². The lowest BCUT2D eigenvalue weighted by Crippen LogP contribution is -2.27. The van der Waals surface area contributed by atoms with E-state index in [1.165, 1.54) is 24.8 Å². The molecule has 1 aliphatic rings. The third kappa shape index (κ3) is 4.21. The third-order valence-corrected chi connectivity index (χ3v) is 3.61. The van der Waals surface area contributed by atoms with E-state index >= 15 is 0 Å². The van der Waals surface area contributed by atoms with Crippen LogP contribution in [0.25, 0.3) is 0 Å². The normalized spacial score (nSPS) is 16.1. The molecule has 1 aliphatic carbocycles. The number of allylic oxidation sites excluding steroid dienone is 1. The van der Waals surface area contributed by atoms with Gasteiger partial charge in [-0.05, 0) is 37.8 Å². The Labute approximate surface area is 114 Å². The fourth-order valence-corrected chi connectivity index (χ4v) is 2.49. The maximum atomic E-state index is 11.3. The van der Waals surface area contributed by atoms with E-state index in [1.54, 1.807) is 0 Å². The van der Waals surface area contributed by atoms with Crippen molar-refractivity contribution >= 4 is 5.97 Å². The zero-order valence-corrected chi connectivity index (χ0v) is 11.1. The van der Waals surface area contributed by atoms with Gasteiger partial charge < -0.3 is 10.4 Å². The average molecular weight is 259 g/mol. The van der Waals surface area contributed by atoms with Crippen molar-refractivity contribution in [2.24, 2.45) is 0 Å².